The molecule has 4 nitrogen and oxygen atoms in total. The molecule has 0 bridgehead atoms. The van der Waals surface area contributed by atoms with Gasteiger partial charge in [0.1, 0.15) is 0 Å². The third kappa shape index (κ3) is 2.32. The van der Waals surface area contributed by atoms with Crippen LogP contribution in [0, 0.1) is 17.3 Å². The van der Waals surface area contributed by atoms with Gasteiger partial charge in [-0.3, -0.25) is 9.59 Å². The lowest BCUT2D eigenvalue weighted by Gasteiger charge is -2.23. The maximum absolute atomic E-state index is 12.9. The highest BCUT2D eigenvalue weighted by Gasteiger charge is 2.55. The van der Waals surface area contributed by atoms with E-state index in [2.05, 4.69) is 13.0 Å². The van der Waals surface area contributed by atoms with E-state index in [-0.39, 0.29) is 11.8 Å². The molecule has 1 N–H and O–H groups in total. The van der Waals surface area contributed by atoms with Crippen LogP contribution >= 0.6 is 11.3 Å². The monoisotopic (exact) mass is 333 g/mol. The van der Waals surface area contributed by atoms with E-state index in [0.717, 1.165) is 37.0 Å². The lowest BCUT2D eigenvalue weighted by molar-refractivity contribution is -0.149. The molecule has 3 aliphatic rings. The molecular formula is C18H23NO3S. The SMILES string of the molecule is CC1CCc2sc(C(=O)N3C[C@@H]4CCC[C@@]4(C(=O)O)C3)cc2C1. The van der Waals surface area contributed by atoms with Crippen molar-refractivity contribution >= 4 is 23.2 Å². The minimum Gasteiger partial charge on any atom is -0.481 e. The number of hydrogen-bond acceptors (Lipinski definition) is 3. The summed E-state index contributed by atoms with van der Waals surface area (Å²) in [7, 11) is 0. The van der Waals surface area contributed by atoms with Crippen molar-refractivity contribution in [2.24, 2.45) is 17.3 Å². The summed E-state index contributed by atoms with van der Waals surface area (Å²) < 4.78 is 0. The maximum Gasteiger partial charge on any atom is 0.311 e. The van der Waals surface area contributed by atoms with E-state index in [9.17, 15) is 14.7 Å². The highest BCUT2D eigenvalue weighted by Crippen LogP contribution is 2.49. The average molecular weight is 333 g/mol. The molecule has 1 saturated carbocycles. The molecule has 1 amide bonds. The zero-order valence-corrected chi connectivity index (χ0v) is 14.3. The normalized spacial score (nSPS) is 32.7. The molecule has 2 heterocycles. The quantitative estimate of drug-likeness (QED) is 0.904. The van der Waals surface area contributed by atoms with Gasteiger partial charge in [-0.1, -0.05) is 13.3 Å². The Morgan fingerprint density at radius 1 is 1.39 bits per heavy atom. The summed E-state index contributed by atoms with van der Waals surface area (Å²) in [6, 6.07) is 2.07. The fraction of sp³-hybridized carbons (Fsp3) is 0.667. The number of nitrogens with zero attached hydrogens (tertiary/aromatic N) is 1. The van der Waals surface area contributed by atoms with Crippen LogP contribution in [0.3, 0.4) is 0 Å². The Kier molecular flexibility index (Phi) is 3.52. The van der Waals surface area contributed by atoms with Crippen LogP contribution in [0.4, 0.5) is 0 Å². The van der Waals surface area contributed by atoms with Crippen molar-refractivity contribution in [1.29, 1.82) is 0 Å². The summed E-state index contributed by atoms with van der Waals surface area (Å²) in [5.41, 5.74) is 0.658. The Morgan fingerprint density at radius 3 is 2.96 bits per heavy atom. The molecule has 1 aromatic heterocycles. The van der Waals surface area contributed by atoms with E-state index in [4.69, 9.17) is 0 Å². The van der Waals surface area contributed by atoms with Crippen LogP contribution in [0.25, 0.3) is 0 Å². The molecule has 2 fully saturated rings. The summed E-state index contributed by atoms with van der Waals surface area (Å²) in [6.07, 6.45) is 5.99. The van der Waals surface area contributed by atoms with Crippen LogP contribution in [0.15, 0.2) is 6.07 Å². The lowest BCUT2D eigenvalue weighted by atomic mass is 9.81. The van der Waals surface area contributed by atoms with Gasteiger partial charge >= 0.3 is 5.97 Å². The smallest absolute Gasteiger partial charge is 0.311 e. The summed E-state index contributed by atoms with van der Waals surface area (Å²) in [6.45, 7) is 3.27. The number of fused-ring (bicyclic) bond motifs is 2. The molecule has 124 valence electrons. The van der Waals surface area contributed by atoms with Gasteiger partial charge in [0.15, 0.2) is 0 Å². The standard InChI is InChI=1S/C18H23NO3S/c1-11-4-5-14-12(7-11)8-15(23-14)16(20)19-9-13-3-2-6-18(13,10-19)17(21)22/h8,11,13H,2-7,9-10H2,1H3,(H,21,22)/t11?,13-,18+/m0/s1. The molecule has 23 heavy (non-hydrogen) atoms. The second kappa shape index (κ2) is 5.33. The molecule has 0 aromatic carbocycles. The summed E-state index contributed by atoms with van der Waals surface area (Å²) in [4.78, 5) is 28.6. The van der Waals surface area contributed by atoms with Crippen molar-refractivity contribution in [3.05, 3.63) is 21.4 Å². The molecule has 1 saturated heterocycles. The van der Waals surface area contributed by atoms with Gasteiger partial charge in [0, 0.05) is 18.0 Å². The predicted molar refractivity (Wildman–Crippen MR) is 88.8 cm³/mol. The van der Waals surface area contributed by atoms with E-state index in [1.807, 2.05) is 0 Å². The Hall–Kier alpha value is -1.36. The van der Waals surface area contributed by atoms with Crippen molar-refractivity contribution in [2.45, 2.75) is 45.4 Å². The molecule has 1 aliphatic heterocycles. The summed E-state index contributed by atoms with van der Waals surface area (Å²) >= 11 is 1.63. The Balaban J connectivity index is 1.56. The van der Waals surface area contributed by atoms with E-state index in [1.165, 1.54) is 16.9 Å². The Labute approximate surface area is 140 Å². The fourth-order valence-corrected chi connectivity index (χ4v) is 5.94. The van der Waals surface area contributed by atoms with Crippen molar-refractivity contribution < 1.29 is 14.7 Å². The lowest BCUT2D eigenvalue weighted by Crippen LogP contribution is -2.37. The van der Waals surface area contributed by atoms with Gasteiger partial charge in [-0.05, 0) is 55.6 Å². The molecule has 0 radical (unpaired) electrons. The van der Waals surface area contributed by atoms with E-state index in [0.29, 0.717) is 19.0 Å². The highest BCUT2D eigenvalue weighted by atomic mass is 32.1. The van der Waals surface area contributed by atoms with Crippen LogP contribution in [0.1, 0.15) is 52.7 Å². The van der Waals surface area contributed by atoms with Gasteiger partial charge in [-0.15, -0.1) is 11.3 Å². The molecule has 1 aromatic rings. The van der Waals surface area contributed by atoms with Gasteiger partial charge in [-0.2, -0.15) is 0 Å². The number of carboxylic acids is 1. The van der Waals surface area contributed by atoms with Gasteiger partial charge in [0.25, 0.3) is 5.91 Å². The van der Waals surface area contributed by atoms with Gasteiger partial charge in [0.05, 0.1) is 10.3 Å². The van der Waals surface area contributed by atoms with Crippen LogP contribution in [-0.4, -0.2) is 35.0 Å². The number of carbonyl (C=O) groups excluding carboxylic acids is 1. The van der Waals surface area contributed by atoms with Crippen molar-refractivity contribution in [3.63, 3.8) is 0 Å². The highest BCUT2D eigenvalue weighted by molar-refractivity contribution is 7.14. The Bertz CT molecular complexity index is 667. The van der Waals surface area contributed by atoms with Crippen molar-refractivity contribution in [1.82, 2.24) is 4.90 Å². The van der Waals surface area contributed by atoms with Crippen LogP contribution in [0.2, 0.25) is 0 Å². The molecule has 5 heteroatoms. The van der Waals surface area contributed by atoms with E-state index < -0.39 is 11.4 Å². The Morgan fingerprint density at radius 2 is 2.22 bits per heavy atom. The van der Waals surface area contributed by atoms with Gasteiger partial charge in [-0.25, -0.2) is 0 Å². The number of aliphatic carboxylic acids is 1. The zero-order valence-electron chi connectivity index (χ0n) is 13.5. The summed E-state index contributed by atoms with van der Waals surface area (Å²) in [5, 5.41) is 9.67. The van der Waals surface area contributed by atoms with Gasteiger partial charge < -0.3 is 10.0 Å². The number of likely N-dealkylation sites (tertiary alicyclic amines) is 1. The fourth-order valence-electron chi connectivity index (χ4n) is 4.76. The predicted octanol–water partition coefficient (Wildman–Crippen LogP) is 3.20. The molecule has 2 aliphatic carbocycles. The van der Waals surface area contributed by atoms with Gasteiger partial charge in [0.2, 0.25) is 0 Å². The van der Waals surface area contributed by atoms with Crippen LogP contribution < -0.4 is 0 Å². The number of thiophene rings is 1. The minimum absolute atomic E-state index is 0.0482. The largest absolute Gasteiger partial charge is 0.481 e. The van der Waals surface area contributed by atoms with Crippen LogP contribution in [-0.2, 0) is 17.6 Å². The number of rotatable bonds is 2. The second-order valence-electron chi connectivity index (χ2n) is 7.64. The third-order valence-corrected chi connectivity index (χ3v) is 7.35. The van der Waals surface area contributed by atoms with E-state index in [1.54, 1.807) is 16.2 Å². The number of carboxylic acid groups (broad SMARTS) is 1. The third-order valence-electron chi connectivity index (χ3n) is 6.12. The topological polar surface area (TPSA) is 57.6 Å². The zero-order chi connectivity index (χ0) is 16.2. The first-order valence-electron chi connectivity index (χ1n) is 8.64. The summed E-state index contributed by atoms with van der Waals surface area (Å²) in [5.74, 6) is 0.168. The van der Waals surface area contributed by atoms with Crippen LogP contribution in [0.5, 0.6) is 0 Å². The first-order valence-corrected chi connectivity index (χ1v) is 9.45. The first-order chi connectivity index (χ1) is 11.0. The molecule has 4 rings (SSSR count). The number of amides is 1. The first kappa shape index (κ1) is 15.2. The van der Waals surface area contributed by atoms with E-state index >= 15 is 0 Å². The molecule has 3 atom stereocenters. The number of carbonyl (C=O) groups is 2. The number of aryl methyl sites for hydroxylation is 1. The average Bonchev–Trinajstić information content (AvgIpc) is 3.17. The molecule has 1 unspecified atom stereocenters. The number of hydrogen-bond donors (Lipinski definition) is 1. The second-order valence-corrected chi connectivity index (χ2v) is 8.78. The molecule has 0 spiro atoms. The molecular weight excluding hydrogens is 310 g/mol. The minimum atomic E-state index is -0.713. The van der Waals surface area contributed by atoms with Crippen molar-refractivity contribution in [3.8, 4) is 0 Å². The maximum atomic E-state index is 12.9. The van der Waals surface area contributed by atoms with Crippen molar-refractivity contribution in [2.75, 3.05) is 13.1 Å².